The van der Waals surface area contributed by atoms with Gasteiger partial charge in [-0.25, -0.2) is 4.39 Å². The lowest BCUT2D eigenvalue weighted by atomic mass is 10.3. The van der Waals surface area contributed by atoms with Crippen LogP contribution in [0.2, 0.25) is 0 Å². The van der Waals surface area contributed by atoms with Crippen molar-refractivity contribution in [3.05, 3.63) is 62.5 Å². The fourth-order valence-electron chi connectivity index (χ4n) is 1.94. The van der Waals surface area contributed by atoms with Gasteiger partial charge in [-0.15, -0.1) is 21.5 Å². The van der Waals surface area contributed by atoms with Gasteiger partial charge in [-0.05, 0) is 35.7 Å². The molecule has 0 aliphatic carbocycles. The molecule has 2 amide bonds. The van der Waals surface area contributed by atoms with Crippen LogP contribution in [0.4, 0.5) is 10.1 Å². The van der Waals surface area contributed by atoms with E-state index in [1.807, 2.05) is 17.5 Å². The molecule has 3 aromatic rings. The summed E-state index contributed by atoms with van der Waals surface area (Å²) in [6.45, 7) is 0.214. The molecule has 2 heterocycles. The zero-order valence-electron chi connectivity index (χ0n) is 12.9. The summed E-state index contributed by atoms with van der Waals surface area (Å²) in [5.41, 5.74) is 0.465. The number of amides is 2. The monoisotopic (exact) mass is 376 g/mol. The van der Waals surface area contributed by atoms with E-state index in [-0.39, 0.29) is 23.3 Å². The summed E-state index contributed by atoms with van der Waals surface area (Å²) in [5, 5.41) is 15.7. The second-order valence-electron chi connectivity index (χ2n) is 4.99. The summed E-state index contributed by atoms with van der Waals surface area (Å²) >= 11 is 2.61. The van der Waals surface area contributed by atoms with Crippen LogP contribution in [0.1, 0.15) is 19.7 Å². The number of aromatic nitrogens is 2. The van der Waals surface area contributed by atoms with Gasteiger partial charge in [-0.1, -0.05) is 17.4 Å². The largest absolute Gasteiger partial charge is 0.349 e. The Bertz CT molecular complexity index is 863. The minimum Gasteiger partial charge on any atom is -0.349 e. The highest BCUT2D eigenvalue weighted by atomic mass is 32.1. The third-order valence-electron chi connectivity index (χ3n) is 3.11. The van der Waals surface area contributed by atoms with Gasteiger partial charge >= 0.3 is 0 Å². The molecule has 9 heteroatoms. The number of nitrogens with one attached hydrogen (secondary N) is 2. The van der Waals surface area contributed by atoms with Crippen LogP contribution in [0.15, 0.2) is 41.8 Å². The van der Waals surface area contributed by atoms with Gasteiger partial charge in [0.2, 0.25) is 10.9 Å². The summed E-state index contributed by atoms with van der Waals surface area (Å²) in [6, 6.07) is 9.21. The van der Waals surface area contributed by atoms with Crippen molar-refractivity contribution in [2.75, 3.05) is 5.32 Å². The van der Waals surface area contributed by atoms with E-state index < -0.39 is 5.91 Å². The van der Waals surface area contributed by atoms with Crippen LogP contribution in [0, 0.1) is 5.82 Å². The maximum atomic E-state index is 12.9. The normalized spacial score (nSPS) is 10.4. The zero-order chi connectivity index (χ0) is 17.6. The van der Waals surface area contributed by atoms with Crippen LogP contribution in [0.25, 0.3) is 0 Å². The molecular weight excluding hydrogens is 363 g/mol. The molecule has 0 unspecified atom stereocenters. The van der Waals surface area contributed by atoms with Crippen molar-refractivity contribution in [3.63, 3.8) is 0 Å². The van der Waals surface area contributed by atoms with Gasteiger partial charge < -0.3 is 10.6 Å². The van der Waals surface area contributed by atoms with Crippen molar-refractivity contribution in [2.45, 2.75) is 13.0 Å². The molecule has 0 aliphatic rings. The van der Waals surface area contributed by atoms with Crippen molar-refractivity contribution >= 4 is 40.2 Å². The molecule has 128 valence electrons. The van der Waals surface area contributed by atoms with E-state index in [1.165, 1.54) is 35.6 Å². The smallest absolute Gasteiger partial charge is 0.286 e. The number of nitrogens with zero attached hydrogens (tertiary/aromatic N) is 2. The van der Waals surface area contributed by atoms with Crippen LogP contribution in [0.5, 0.6) is 0 Å². The second-order valence-corrected chi connectivity index (χ2v) is 7.09. The number of halogens is 1. The molecule has 6 nitrogen and oxygen atoms in total. The quantitative estimate of drug-likeness (QED) is 0.693. The zero-order valence-corrected chi connectivity index (χ0v) is 14.5. The van der Waals surface area contributed by atoms with E-state index in [9.17, 15) is 14.0 Å². The average Bonchev–Trinajstić information content (AvgIpc) is 3.27. The minimum absolute atomic E-state index is 0.116. The molecule has 0 saturated carbocycles. The Balaban J connectivity index is 1.52. The maximum Gasteiger partial charge on any atom is 0.286 e. The summed E-state index contributed by atoms with van der Waals surface area (Å²) in [7, 11) is 0. The molecule has 0 bridgehead atoms. The van der Waals surface area contributed by atoms with E-state index in [0.717, 1.165) is 16.2 Å². The molecule has 0 atom stereocenters. The molecule has 0 fully saturated rings. The molecular formula is C16H13FN4O2S2. The number of hydrogen-bond acceptors (Lipinski definition) is 6. The van der Waals surface area contributed by atoms with Gasteiger partial charge in [0.05, 0.1) is 13.0 Å². The van der Waals surface area contributed by atoms with Crippen molar-refractivity contribution in [1.82, 2.24) is 15.5 Å². The Morgan fingerprint density at radius 2 is 1.92 bits per heavy atom. The Kier molecular flexibility index (Phi) is 5.46. The highest BCUT2D eigenvalue weighted by molar-refractivity contribution is 7.13. The lowest BCUT2D eigenvalue weighted by Gasteiger charge is -2.02. The lowest BCUT2D eigenvalue weighted by Crippen LogP contribution is -2.24. The number of carbonyl (C=O) groups excluding carboxylic acids is 2. The summed E-state index contributed by atoms with van der Waals surface area (Å²) in [5.74, 6) is -0.926. The highest BCUT2D eigenvalue weighted by Crippen LogP contribution is 2.14. The molecule has 0 spiro atoms. The Labute approximate surface area is 150 Å². The first-order valence-electron chi connectivity index (χ1n) is 7.28. The van der Waals surface area contributed by atoms with Gasteiger partial charge in [0.15, 0.2) is 0 Å². The Morgan fingerprint density at radius 3 is 2.64 bits per heavy atom. The van der Waals surface area contributed by atoms with Crippen LogP contribution < -0.4 is 10.6 Å². The van der Waals surface area contributed by atoms with E-state index in [4.69, 9.17) is 0 Å². The van der Waals surface area contributed by atoms with Crippen LogP contribution in [-0.2, 0) is 17.8 Å². The SMILES string of the molecule is O=C(Cc1cccs1)NCc1nnc(C(=O)Nc2ccc(F)cc2)s1. The topological polar surface area (TPSA) is 84.0 Å². The molecule has 1 aromatic carbocycles. The Hall–Kier alpha value is -2.65. The van der Waals surface area contributed by atoms with Gasteiger partial charge in [-0.2, -0.15) is 0 Å². The third-order valence-corrected chi connectivity index (χ3v) is 4.91. The van der Waals surface area contributed by atoms with Gasteiger partial charge in [0, 0.05) is 10.6 Å². The predicted molar refractivity (Wildman–Crippen MR) is 94.1 cm³/mol. The number of hydrogen-bond donors (Lipinski definition) is 2. The van der Waals surface area contributed by atoms with Crippen LogP contribution in [0.3, 0.4) is 0 Å². The number of thiophene rings is 1. The standard InChI is InChI=1S/C16H13FN4O2S2/c17-10-3-5-11(6-4-10)19-15(23)16-21-20-14(25-16)9-18-13(22)8-12-2-1-7-24-12/h1-7H,8-9H2,(H,18,22)(H,19,23). The van der Waals surface area contributed by atoms with Crippen molar-refractivity contribution in [3.8, 4) is 0 Å². The summed E-state index contributed by atoms with van der Waals surface area (Å²) < 4.78 is 12.9. The average molecular weight is 376 g/mol. The lowest BCUT2D eigenvalue weighted by molar-refractivity contribution is -0.120. The molecule has 0 saturated heterocycles. The summed E-state index contributed by atoms with van der Waals surface area (Å²) in [4.78, 5) is 24.9. The minimum atomic E-state index is -0.430. The van der Waals surface area contributed by atoms with Crippen molar-refractivity contribution in [1.29, 1.82) is 0 Å². The maximum absolute atomic E-state index is 12.9. The number of anilines is 1. The van der Waals surface area contributed by atoms with Crippen LogP contribution >= 0.6 is 22.7 Å². The van der Waals surface area contributed by atoms with E-state index in [2.05, 4.69) is 20.8 Å². The molecule has 0 aliphatic heterocycles. The highest BCUT2D eigenvalue weighted by Gasteiger charge is 2.14. The van der Waals surface area contributed by atoms with Crippen molar-refractivity contribution < 1.29 is 14.0 Å². The molecule has 2 N–H and O–H groups in total. The van der Waals surface area contributed by atoms with Crippen LogP contribution in [-0.4, -0.2) is 22.0 Å². The Morgan fingerprint density at radius 1 is 1.12 bits per heavy atom. The number of carbonyl (C=O) groups is 2. The molecule has 2 aromatic heterocycles. The number of rotatable bonds is 6. The number of benzene rings is 1. The van der Waals surface area contributed by atoms with Gasteiger partial charge in [-0.3, -0.25) is 9.59 Å². The fraction of sp³-hybridized carbons (Fsp3) is 0.125. The second kappa shape index (κ2) is 7.95. The first-order valence-corrected chi connectivity index (χ1v) is 8.98. The molecule has 0 radical (unpaired) electrons. The van der Waals surface area contributed by atoms with E-state index in [1.54, 1.807) is 0 Å². The van der Waals surface area contributed by atoms with Crippen molar-refractivity contribution in [2.24, 2.45) is 0 Å². The molecule has 3 rings (SSSR count). The van der Waals surface area contributed by atoms with Gasteiger partial charge in [0.25, 0.3) is 5.91 Å². The first-order chi connectivity index (χ1) is 12.1. The summed E-state index contributed by atoms with van der Waals surface area (Å²) in [6.07, 6.45) is 0.314. The van der Waals surface area contributed by atoms with E-state index >= 15 is 0 Å². The fourth-order valence-corrected chi connectivity index (χ4v) is 3.32. The molecule has 25 heavy (non-hydrogen) atoms. The predicted octanol–water partition coefficient (Wildman–Crippen LogP) is 2.85. The third kappa shape index (κ3) is 4.91. The first kappa shape index (κ1) is 17.2. The van der Waals surface area contributed by atoms with Gasteiger partial charge in [0.1, 0.15) is 10.8 Å². The van der Waals surface area contributed by atoms with E-state index in [0.29, 0.717) is 17.1 Å².